The molecule has 2 fully saturated rings. The van der Waals surface area contributed by atoms with Gasteiger partial charge in [-0.25, -0.2) is 0 Å². The minimum Gasteiger partial charge on any atom is -0.488 e. The molecule has 0 N–H and O–H groups in total. The third-order valence-corrected chi connectivity index (χ3v) is 12.6. The quantitative estimate of drug-likeness (QED) is 0.0876. The Balaban J connectivity index is 0.983. The molecule has 0 bridgehead atoms. The van der Waals surface area contributed by atoms with E-state index < -0.39 is 0 Å². The summed E-state index contributed by atoms with van der Waals surface area (Å²) in [6, 6.07) is 28.1. The molecule has 2 saturated heterocycles. The number of nitriles is 2. The molecule has 2 aromatic heterocycles. The highest BCUT2D eigenvalue weighted by atomic mass is 35.5. The number of likely N-dealkylation sites (tertiary alicyclic amines) is 2. The number of benzene rings is 4. The maximum absolute atomic E-state index is 9.38. The van der Waals surface area contributed by atoms with Crippen LogP contribution in [0, 0.1) is 36.5 Å². The lowest BCUT2D eigenvalue weighted by molar-refractivity contribution is 0.276. The molecule has 2 aliphatic heterocycles. The second-order valence-electron chi connectivity index (χ2n) is 16.5. The van der Waals surface area contributed by atoms with Gasteiger partial charge in [0, 0.05) is 72.3 Å². The van der Waals surface area contributed by atoms with Gasteiger partial charge < -0.3 is 18.9 Å². The van der Waals surface area contributed by atoms with Crippen molar-refractivity contribution in [1.82, 2.24) is 19.8 Å². The van der Waals surface area contributed by atoms with Crippen LogP contribution < -0.4 is 18.9 Å². The molecule has 2 aliphatic rings. The number of rotatable bonds is 17. The summed E-state index contributed by atoms with van der Waals surface area (Å²) in [7, 11) is 0. The van der Waals surface area contributed by atoms with E-state index in [2.05, 4.69) is 82.2 Å². The molecule has 0 atom stereocenters. The lowest BCUT2D eigenvalue weighted by atomic mass is 9.92. The number of ether oxygens (including phenoxy) is 4. The predicted octanol–water partition coefficient (Wildman–Crippen LogP) is 11.3. The van der Waals surface area contributed by atoms with Crippen LogP contribution in [0.3, 0.4) is 0 Å². The Hall–Kier alpha value is -6.14. The Kier molecular flexibility index (Phi) is 14.6. The van der Waals surface area contributed by atoms with Gasteiger partial charge in [-0.1, -0.05) is 59.6 Å². The molecule has 0 aliphatic carbocycles. The summed E-state index contributed by atoms with van der Waals surface area (Å²) in [5.41, 5.74) is 11.0. The standard InChI is InChI=1S/C52H50Cl2N6O4/c1-35-41(33-63-51-21-49(61-31-39-17-37(23-55)25-57-27-39)43(19-47(51)53)29-59-13-3-4-14-59)9-7-11-45(35)46-12-8-10-42(36(46)2)34-64-52-22-50(62-32-40-18-38(24-56)26-58-28-40)44(20-48(52)54)30-60-15-5-6-16-60/h7-12,17-22,25-28H,3-6,13-16,29-34H2,1-2H3. The zero-order valence-electron chi connectivity index (χ0n) is 36.2. The molecule has 0 amide bonds. The molecule has 4 heterocycles. The highest BCUT2D eigenvalue weighted by Crippen LogP contribution is 2.38. The minimum atomic E-state index is 0.257. The van der Waals surface area contributed by atoms with Gasteiger partial charge in [0.25, 0.3) is 0 Å². The molecule has 8 rings (SSSR count). The Morgan fingerprint density at radius 1 is 0.516 bits per heavy atom. The Bertz CT molecular complexity index is 2520. The first-order valence-corrected chi connectivity index (χ1v) is 22.5. The van der Waals surface area contributed by atoms with Crippen molar-refractivity contribution in [3.63, 3.8) is 0 Å². The lowest BCUT2D eigenvalue weighted by Gasteiger charge is -2.21. The fourth-order valence-corrected chi connectivity index (χ4v) is 8.89. The topological polar surface area (TPSA) is 117 Å². The number of pyridine rings is 2. The Morgan fingerprint density at radius 3 is 1.33 bits per heavy atom. The van der Waals surface area contributed by atoms with Crippen molar-refractivity contribution < 1.29 is 18.9 Å². The van der Waals surface area contributed by atoms with E-state index in [-0.39, 0.29) is 13.2 Å². The molecular formula is C52H50Cl2N6O4. The van der Waals surface area contributed by atoms with Crippen LogP contribution in [-0.4, -0.2) is 45.9 Å². The summed E-state index contributed by atoms with van der Waals surface area (Å²) >= 11 is 13.8. The van der Waals surface area contributed by atoms with Crippen LogP contribution in [0.4, 0.5) is 0 Å². The second-order valence-corrected chi connectivity index (χ2v) is 17.3. The minimum absolute atomic E-state index is 0.257. The van der Waals surface area contributed by atoms with E-state index in [4.69, 9.17) is 42.1 Å². The maximum atomic E-state index is 9.38. The summed E-state index contributed by atoms with van der Waals surface area (Å²) in [4.78, 5) is 13.2. The van der Waals surface area contributed by atoms with Gasteiger partial charge in [-0.2, -0.15) is 10.5 Å². The molecule has 6 aromatic rings. The fraction of sp³-hybridized carbons (Fsp3) is 0.308. The van der Waals surface area contributed by atoms with Gasteiger partial charge in [0.2, 0.25) is 0 Å². The van der Waals surface area contributed by atoms with E-state index in [0.717, 1.165) is 94.9 Å². The van der Waals surface area contributed by atoms with Gasteiger partial charge in [-0.15, -0.1) is 0 Å². The largest absolute Gasteiger partial charge is 0.488 e. The third kappa shape index (κ3) is 11.0. The smallest absolute Gasteiger partial charge is 0.142 e. The first kappa shape index (κ1) is 44.5. The summed E-state index contributed by atoms with van der Waals surface area (Å²) in [5, 5.41) is 19.8. The fourth-order valence-electron chi connectivity index (χ4n) is 8.40. The molecule has 12 heteroatoms. The van der Waals surface area contributed by atoms with E-state index in [0.29, 0.717) is 57.4 Å². The van der Waals surface area contributed by atoms with Gasteiger partial charge >= 0.3 is 0 Å². The number of hydrogen-bond donors (Lipinski definition) is 0. The normalized spacial score (nSPS) is 14.0. The summed E-state index contributed by atoms with van der Waals surface area (Å²) in [6.45, 7) is 10.9. The number of nitrogens with zero attached hydrogens (tertiary/aromatic N) is 6. The van der Waals surface area contributed by atoms with Gasteiger partial charge in [0.05, 0.1) is 21.2 Å². The number of aromatic nitrogens is 2. The van der Waals surface area contributed by atoms with Crippen LogP contribution in [0.1, 0.15) is 81.3 Å². The maximum Gasteiger partial charge on any atom is 0.142 e. The molecule has 0 unspecified atom stereocenters. The van der Waals surface area contributed by atoms with E-state index in [1.807, 2.05) is 24.3 Å². The van der Waals surface area contributed by atoms with Crippen LogP contribution in [-0.2, 0) is 39.5 Å². The van der Waals surface area contributed by atoms with Crippen LogP contribution in [0.15, 0.2) is 97.6 Å². The van der Waals surface area contributed by atoms with Crippen LogP contribution in [0.25, 0.3) is 11.1 Å². The van der Waals surface area contributed by atoms with Crippen LogP contribution in [0.5, 0.6) is 23.0 Å². The third-order valence-electron chi connectivity index (χ3n) is 12.0. The van der Waals surface area contributed by atoms with Crippen LogP contribution in [0.2, 0.25) is 10.0 Å². The predicted molar refractivity (Wildman–Crippen MR) is 249 cm³/mol. The van der Waals surface area contributed by atoms with Crippen molar-refractivity contribution in [2.75, 3.05) is 26.2 Å². The Labute approximate surface area is 385 Å². The molecule has 10 nitrogen and oxygen atoms in total. The van der Waals surface area contributed by atoms with Crippen molar-refractivity contribution >= 4 is 23.2 Å². The summed E-state index contributed by atoms with van der Waals surface area (Å²) in [6.07, 6.45) is 11.2. The van der Waals surface area contributed by atoms with Gasteiger partial charge in [-0.3, -0.25) is 19.8 Å². The van der Waals surface area contributed by atoms with E-state index in [1.54, 1.807) is 36.9 Å². The van der Waals surface area contributed by atoms with Crippen LogP contribution >= 0.6 is 23.2 Å². The zero-order chi connectivity index (χ0) is 44.4. The van der Waals surface area contributed by atoms with Gasteiger partial charge in [0.1, 0.15) is 61.6 Å². The van der Waals surface area contributed by atoms with Gasteiger partial charge in [0.15, 0.2) is 0 Å². The average Bonchev–Trinajstić information content (AvgIpc) is 4.04. The van der Waals surface area contributed by atoms with Gasteiger partial charge in [-0.05, 0) is 123 Å². The van der Waals surface area contributed by atoms with Crippen molar-refractivity contribution in [3.05, 3.63) is 163 Å². The molecule has 0 saturated carbocycles. The molecule has 326 valence electrons. The van der Waals surface area contributed by atoms with Crippen molar-refractivity contribution in [2.45, 2.75) is 79.0 Å². The summed E-state index contributed by atoms with van der Waals surface area (Å²) in [5.74, 6) is 2.45. The number of hydrogen-bond acceptors (Lipinski definition) is 10. The van der Waals surface area contributed by atoms with E-state index >= 15 is 0 Å². The van der Waals surface area contributed by atoms with Crippen molar-refractivity contribution in [2.24, 2.45) is 0 Å². The van der Waals surface area contributed by atoms with E-state index in [9.17, 15) is 10.5 Å². The Morgan fingerprint density at radius 2 is 0.922 bits per heavy atom. The second kappa shape index (κ2) is 21.0. The molecule has 4 aromatic carbocycles. The lowest BCUT2D eigenvalue weighted by Crippen LogP contribution is -2.19. The molecular weight excluding hydrogens is 844 g/mol. The molecule has 0 spiro atoms. The number of halogens is 2. The highest BCUT2D eigenvalue weighted by molar-refractivity contribution is 6.32. The zero-order valence-corrected chi connectivity index (χ0v) is 37.7. The SMILES string of the molecule is Cc1c(COc2cc(OCc3cncc(C#N)c3)c(CN3CCCC3)cc2Cl)cccc1-c1cccc(COc2cc(OCc3cncc(C#N)c3)c(CN3CCCC3)cc2Cl)c1C. The average molecular weight is 894 g/mol. The molecule has 64 heavy (non-hydrogen) atoms. The first-order chi connectivity index (χ1) is 31.2. The first-order valence-electron chi connectivity index (χ1n) is 21.7. The summed E-state index contributed by atoms with van der Waals surface area (Å²) < 4.78 is 25.7. The van der Waals surface area contributed by atoms with Crippen molar-refractivity contribution in [3.8, 4) is 46.3 Å². The van der Waals surface area contributed by atoms with E-state index in [1.165, 1.54) is 25.7 Å². The monoisotopic (exact) mass is 892 g/mol. The van der Waals surface area contributed by atoms with Crippen molar-refractivity contribution in [1.29, 1.82) is 10.5 Å². The molecule has 0 radical (unpaired) electrons. The highest BCUT2D eigenvalue weighted by Gasteiger charge is 2.21.